The molecule has 0 aromatic heterocycles. The maximum absolute atomic E-state index is 6.08. The van der Waals surface area contributed by atoms with E-state index in [9.17, 15) is 0 Å². The fourth-order valence-corrected chi connectivity index (χ4v) is 3.57. The fraction of sp³-hybridized carbons (Fsp3) is 0.571. The number of hydrogen-bond acceptors (Lipinski definition) is 3. The second-order valence-corrected chi connectivity index (χ2v) is 6.00. The molecule has 1 fully saturated rings. The highest BCUT2D eigenvalue weighted by atomic mass is 32.2. The number of benzene rings is 1. The molecule has 0 atom stereocenters. The average molecular weight is 249 g/mol. The number of aryl methyl sites for hydroxylation is 1. The van der Waals surface area contributed by atoms with Crippen molar-refractivity contribution >= 4 is 17.4 Å². The third kappa shape index (κ3) is 2.71. The number of thioether (sulfide) groups is 1. The van der Waals surface area contributed by atoms with Crippen LogP contribution in [-0.4, -0.2) is 24.2 Å². The van der Waals surface area contributed by atoms with Gasteiger partial charge in [0, 0.05) is 12.2 Å². The number of fused-ring (bicyclic) bond motifs is 1. The molecule has 2 aliphatic heterocycles. The molecule has 1 aromatic rings. The van der Waals surface area contributed by atoms with Crippen LogP contribution < -0.4 is 10.1 Å². The predicted octanol–water partition coefficient (Wildman–Crippen LogP) is 3.32. The lowest BCUT2D eigenvalue weighted by molar-refractivity contribution is 0.192. The SMILES string of the molecule is c1cc2c(cc1OC1CCSCC1)CCCN2. The van der Waals surface area contributed by atoms with Crippen molar-refractivity contribution in [2.24, 2.45) is 0 Å². The molecule has 1 saturated heterocycles. The second kappa shape index (κ2) is 5.21. The number of hydrogen-bond donors (Lipinski definition) is 1. The third-order valence-electron chi connectivity index (χ3n) is 3.49. The lowest BCUT2D eigenvalue weighted by atomic mass is 10.0. The summed E-state index contributed by atoms with van der Waals surface area (Å²) in [6.45, 7) is 1.10. The summed E-state index contributed by atoms with van der Waals surface area (Å²) in [5, 5.41) is 3.43. The van der Waals surface area contributed by atoms with E-state index < -0.39 is 0 Å². The van der Waals surface area contributed by atoms with Gasteiger partial charge in [0.05, 0.1) is 0 Å². The van der Waals surface area contributed by atoms with Gasteiger partial charge in [-0.2, -0.15) is 11.8 Å². The highest BCUT2D eigenvalue weighted by Gasteiger charge is 2.16. The van der Waals surface area contributed by atoms with Crippen molar-refractivity contribution in [1.82, 2.24) is 0 Å². The first-order valence-electron chi connectivity index (χ1n) is 6.53. The first-order chi connectivity index (χ1) is 8.42. The Kier molecular flexibility index (Phi) is 3.46. The Hall–Kier alpha value is -0.830. The Balaban J connectivity index is 1.70. The van der Waals surface area contributed by atoms with Crippen LogP contribution in [0.15, 0.2) is 18.2 Å². The third-order valence-corrected chi connectivity index (χ3v) is 4.53. The quantitative estimate of drug-likeness (QED) is 0.869. The molecule has 1 aromatic carbocycles. The molecule has 0 radical (unpaired) electrons. The summed E-state index contributed by atoms with van der Waals surface area (Å²) in [6.07, 6.45) is 5.24. The minimum Gasteiger partial charge on any atom is -0.490 e. The van der Waals surface area contributed by atoms with Crippen LogP contribution in [0.4, 0.5) is 5.69 Å². The minimum absolute atomic E-state index is 0.436. The fourth-order valence-electron chi connectivity index (χ4n) is 2.51. The Bertz CT molecular complexity index is 388. The zero-order valence-corrected chi connectivity index (χ0v) is 10.9. The summed E-state index contributed by atoms with van der Waals surface area (Å²) in [7, 11) is 0. The van der Waals surface area contributed by atoms with Crippen LogP contribution in [0, 0.1) is 0 Å². The van der Waals surface area contributed by atoms with E-state index in [1.54, 1.807) is 0 Å². The van der Waals surface area contributed by atoms with Crippen LogP contribution >= 0.6 is 11.8 Å². The van der Waals surface area contributed by atoms with Gasteiger partial charge in [0.25, 0.3) is 0 Å². The average Bonchev–Trinajstić information content (AvgIpc) is 2.40. The van der Waals surface area contributed by atoms with Crippen molar-refractivity contribution in [3.63, 3.8) is 0 Å². The van der Waals surface area contributed by atoms with E-state index in [2.05, 4.69) is 23.5 Å². The first kappa shape index (κ1) is 11.3. The van der Waals surface area contributed by atoms with Gasteiger partial charge in [-0.1, -0.05) is 0 Å². The lowest BCUT2D eigenvalue weighted by Crippen LogP contribution is -2.22. The van der Waals surface area contributed by atoms with Gasteiger partial charge >= 0.3 is 0 Å². The van der Waals surface area contributed by atoms with Crippen LogP contribution in [0.5, 0.6) is 5.75 Å². The summed E-state index contributed by atoms with van der Waals surface area (Å²) >= 11 is 2.04. The highest BCUT2D eigenvalue weighted by Crippen LogP contribution is 2.28. The molecule has 0 bridgehead atoms. The number of rotatable bonds is 2. The van der Waals surface area contributed by atoms with E-state index in [-0.39, 0.29) is 0 Å². The molecular formula is C14H19NOS. The number of nitrogens with one attached hydrogen (secondary N) is 1. The Morgan fingerprint density at radius 1 is 1.24 bits per heavy atom. The van der Waals surface area contributed by atoms with E-state index >= 15 is 0 Å². The molecule has 0 aliphatic carbocycles. The predicted molar refractivity (Wildman–Crippen MR) is 74.2 cm³/mol. The molecule has 92 valence electrons. The van der Waals surface area contributed by atoms with Crippen LogP contribution in [0.2, 0.25) is 0 Å². The van der Waals surface area contributed by atoms with Gasteiger partial charge in [-0.15, -0.1) is 0 Å². The lowest BCUT2D eigenvalue weighted by Gasteiger charge is -2.24. The van der Waals surface area contributed by atoms with Gasteiger partial charge in [0.1, 0.15) is 11.9 Å². The Labute approximate surface area is 107 Å². The van der Waals surface area contributed by atoms with Crippen LogP contribution in [0.1, 0.15) is 24.8 Å². The van der Waals surface area contributed by atoms with E-state index in [0.29, 0.717) is 6.10 Å². The van der Waals surface area contributed by atoms with Gasteiger partial charge in [-0.05, 0) is 61.0 Å². The minimum atomic E-state index is 0.436. The number of ether oxygens (including phenoxy) is 1. The highest BCUT2D eigenvalue weighted by molar-refractivity contribution is 7.99. The number of anilines is 1. The van der Waals surface area contributed by atoms with Gasteiger partial charge in [-0.3, -0.25) is 0 Å². The van der Waals surface area contributed by atoms with Crippen molar-refractivity contribution in [3.05, 3.63) is 23.8 Å². The first-order valence-corrected chi connectivity index (χ1v) is 7.68. The zero-order valence-electron chi connectivity index (χ0n) is 10.1. The molecule has 17 heavy (non-hydrogen) atoms. The van der Waals surface area contributed by atoms with Crippen molar-refractivity contribution in [2.45, 2.75) is 31.8 Å². The van der Waals surface area contributed by atoms with E-state index in [4.69, 9.17) is 4.74 Å². The molecular weight excluding hydrogens is 230 g/mol. The van der Waals surface area contributed by atoms with E-state index in [1.807, 2.05) is 11.8 Å². The van der Waals surface area contributed by atoms with Gasteiger partial charge in [0.2, 0.25) is 0 Å². The van der Waals surface area contributed by atoms with Gasteiger partial charge < -0.3 is 10.1 Å². The van der Waals surface area contributed by atoms with Crippen molar-refractivity contribution in [3.8, 4) is 5.75 Å². The molecule has 3 heteroatoms. The van der Waals surface area contributed by atoms with E-state index in [0.717, 1.165) is 12.3 Å². The van der Waals surface area contributed by atoms with Crippen LogP contribution in [0.25, 0.3) is 0 Å². The molecule has 0 amide bonds. The maximum Gasteiger partial charge on any atom is 0.120 e. The summed E-state index contributed by atoms with van der Waals surface area (Å²) in [6, 6.07) is 6.50. The maximum atomic E-state index is 6.08. The van der Waals surface area contributed by atoms with Crippen molar-refractivity contribution in [2.75, 3.05) is 23.4 Å². The monoisotopic (exact) mass is 249 g/mol. The standard InChI is InChI=1S/C14H19NOS/c1-2-11-10-13(3-4-14(11)15-7-1)16-12-5-8-17-9-6-12/h3-4,10,12,15H,1-2,5-9H2. The van der Waals surface area contributed by atoms with Crippen LogP contribution in [0.3, 0.4) is 0 Å². The smallest absolute Gasteiger partial charge is 0.120 e. The molecule has 2 aliphatic rings. The molecule has 1 N–H and O–H groups in total. The second-order valence-electron chi connectivity index (χ2n) is 4.78. The summed E-state index contributed by atoms with van der Waals surface area (Å²) in [5.41, 5.74) is 2.71. The Morgan fingerprint density at radius 3 is 3.00 bits per heavy atom. The van der Waals surface area contributed by atoms with Gasteiger partial charge in [-0.25, -0.2) is 0 Å². The molecule has 0 unspecified atom stereocenters. The van der Waals surface area contributed by atoms with Crippen molar-refractivity contribution < 1.29 is 4.74 Å². The summed E-state index contributed by atoms with van der Waals surface area (Å²) < 4.78 is 6.08. The molecule has 3 rings (SSSR count). The Morgan fingerprint density at radius 2 is 2.12 bits per heavy atom. The summed E-state index contributed by atoms with van der Waals surface area (Å²) in [4.78, 5) is 0. The largest absolute Gasteiger partial charge is 0.490 e. The molecule has 2 nitrogen and oxygen atoms in total. The molecule has 0 spiro atoms. The van der Waals surface area contributed by atoms with E-state index in [1.165, 1.54) is 48.4 Å². The van der Waals surface area contributed by atoms with Gasteiger partial charge in [0.15, 0.2) is 0 Å². The molecule has 2 heterocycles. The topological polar surface area (TPSA) is 21.3 Å². The van der Waals surface area contributed by atoms with Crippen molar-refractivity contribution in [1.29, 1.82) is 0 Å². The summed E-state index contributed by atoms with van der Waals surface area (Å²) in [5.74, 6) is 3.55. The molecule has 0 saturated carbocycles. The zero-order chi connectivity index (χ0) is 11.5. The normalized spacial score (nSPS) is 20.5. The van der Waals surface area contributed by atoms with Crippen LogP contribution in [-0.2, 0) is 6.42 Å².